The van der Waals surface area contributed by atoms with E-state index in [-0.39, 0.29) is 12.1 Å². The smallest absolute Gasteiger partial charge is 0.319 e. The number of urea groups is 1. The monoisotopic (exact) mass is 339 g/mol. The van der Waals surface area contributed by atoms with Crippen molar-refractivity contribution in [1.82, 2.24) is 10.3 Å². The molecule has 1 heterocycles. The van der Waals surface area contributed by atoms with Gasteiger partial charge in [-0.3, -0.25) is 0 Å². The fourth-order valence-electron chi connectivity index (χ4n) is 3.39. The van der Waals surface area contributed by atoms with Crippen molar-refractivity contribution < 1.29 is 4.79 Å². The first-order valence-corrected chi connectivity index (χ1v) is 8.48. The van der Waals surface area contributed by atoms with Crippen molar-refractivity contribution in [2.24, 2.45) is 0 Å². The predicted molar refractivity (Wildman–Crippen MR) is 97.7 cm³/mol. The molecule has 0 saturated heterocycles. The van der Waals surface area contributed by atoms with Crippen molar-refractivity contribution in [2.45, 2.75) is 25.3 Å². The van der Waals surface area contributed by atoms with Crippen LogP contribution in [0.2, 0.25) is 5.02 Å². The molecule has 5 heteroatoms. The first kappa shape index (κ1) is 15.1. The molecule has 0 saturated carbocycles. The number of hydrogen-bond donors (Lipinski definition) is 3. The number of aromatic nitrogens is 1. The SMILES string of the molecule is O=C(Nc1ccccc1)NC1CCc2[nH]c3ccc(Cl)cc3c2C1. The number of rotatable bonds is 2. The van der Waals surface area contributed by atoms with Crippen LogP contribution in [-0.2, 0) is 12.8 Å². The zero-order valence-corrected chi connectivity index (χ0v) is 13.9. The van der Waals surface area contributed by atoms with E-state index in [0.29, 0.717) is 0 Å². The number of para-hydroxylation sites is 1. The number of aromatic amines is 1. The molecule has 2 aromatic carbocycles. The van der Waals surface area contributed by atoms with Crippen molar-refractivity contribution in [1.29, 1.82) is 0 Å². The van der Waals surface area contributed by atoms with Gasteiger partial charge in [0, 0.05) is 33.3 Å². The van der Waals surface area contributed by atoms with E-state index in [4.69, 9.17) is 11.6 Å². The molecule has 0 aliphatic heterocycles. The number of hydrogen-bond acceptors (Lipinski definition) is 1. The standard InChI is InChI=1S/C19H18ClN3O/c20-12-6-8-17-15(10-12)16-11-14(7-9-18(16)23-17)22-19(24)21-13-4-2-1-3-5-13/h1-6,8,10,14,23H,7,9,11H2,(H2,21,22,24). The third kappa shape index (κ3) is 2.97. The zero-order valence-electron chi connectivity index (χ0n) is 13.1. The first-order chi connectivity index (χ1) is 11.7. The Hall–Kier alpha value is -2.46. The second-order valence-electron chi connectivity index (χ2n) is 6.18. The Balaban J connectivity index is 1.49. The quantitative estimate of drug-likeness (QED) is 0.632. The number of anilines is 1. The van der Waals surface area contributed by atoms with Crippen LogP contribution in [0.3, 0.4) is 0 Å². The maximum Gasteiger partial charge on any atom is 0.319 e. The van der Waals surface area contributed by atoms with E-state index in [9.17, 15) is 4.79 Å². The summed E-state index contributed by atoms with van der Waals surface area (Å²) in [4.78, 5) is 15.7. The van der Waals surface area contributed by atoms with Gasteiger partial charge < -0.3 is 15.6 Å². The summed E-state index contributed by atoms with van der Waals surface area (Å²) in [6.45, 7) is 0. The Labute approximate surface area is 145 Å². The number of fused-ring (bicyclic) bond motifs is 3. The molecule has 1 unspecified atom stereocenters. The van der Waals surface area contributed by atoms with Crippen LogP contribution >= 0.6 is 11.6 Å². The minimum absolute atomic E-state index is 0.124. The van der Waals surface area contributed by atoms with Gasteiger partial charge >= 0.3 is 6.03 Å². The molecule has 3 N–H and O–H groups in total. The van der Waals surface area contributed by atoms with Gasteiger partial charge in [0.2, 0.25) is 0 Å². The van der Waals surface area contributed by atoms with Gasteiger partial charge in [-0.05, 0) is 55.2 Å². The number of H-pyrrole nitrogens is 1. The van der Waals surface area contributed by atoms with Gasteiger partial charge in [0.1, 0.15) is 0 Å². The van der Waals surface area contributed by atoms with Crippen LogP contribution in [0.25, 0.3) is 10.9 Å². The average molecular weight is 340 g/mol. The van der Waals surface area contributed by atoms with Crippen LogP contribution in [-0.4, -0.2) is 17.1 Å². The summed E-state index contributed by atoms with van der Waals surface area (Å²) in [7, 11) is 0. The van der Waals surface area contributed by atoms with Crippen LogP contribution < -0.4 is 10.6 Å². The van der Waals surface area contributed by atoms with Crippen LogP contribution in [0.15, 0.2) is 48.5 Å². The Morgan fingerprint density at radius 2 is 2.00 bits per heavy atom. The number of nitrogens with one attached hydrogen (secondary N) is 3. The van der Waals surface area contributed by atoms with Gasteiger partial charge in [-0.2, -0.15) is 0 Å². The highest BCUT2D eigenvalue weighted by Gasteiger charge is 2.23. The number of benzene rings is 2. The maximum absolute atomic E-state index is 12.2. The highest BCUT2D eigenvalue weighted by Crippen LogP contribution is 2.31. The molecule has 122 valence electrons. The molecule has 2 amide bonds. The summed E-state index contributed by atoms with van der Waals surface area (Å²) in [6.07, 6.45) is 2.67. The predicted octanol–water partition coefficient (Wildman–Crippen LogP) is 4.50. The van der Waals surface area contributed by atoms with Crippen LogP contribution in [0, 0.1) is 0 Å². The summed E-state index contributed by atoms with van der Waals surface area (Å²) in [5.41, 5.74) is 4.43. The minimum Gasteiger partial charge on any atom is -0.358 e. The molecule has 1 aliphatic rings. The van der Waals surface area contributed by atoms with E-state index in [0.717, 1.165) is 40.9 Å². The fraction of sp³-hybridized carbons (Fsp3) is 0.211. The Kier molecular flexibility index (Phi) is 3.90. The normalized spacial score (nSPS) is 16.6. The number of carbonyl (C=O) groups is 1. The Bertz CT molecular complexity index is 888. The molecule has 0 radical (unpaired) electrons. The van der Waals surface area contributed by atoms with Gasteiger partial charge in [0.15, 0.2) is 0 Å². The summed E-state index contributed by atoms with van der Waals surface area (Å²) >= 11 is 6.14. The molecule has 0 bridgehead atoms. The fourth-order valence-corrected chi connectivity index (χ4v) is 3.56. The number of aryl methyl sites for hydroxylation is 1. The summed E-state index contributed by atoms with van der Waals surface area (Å²) < 4.78 is 0. The van der Waals surface area contributed by atoms with E-state index in [1.165, 1.54) is 11.3 Å². The number of halogens is 1. The van der Waals surface area contributed by atoms with Gasteiger partial charge in [-0.15, -0.1) is 0 Å². The number of amides is 2. The Morgan fingerprint density at radius 3 is 2.83 bits per heavy atom. The number of carbonyl (C=O) groups excluding carboxylic acids is 1. The van der Waals surface area contributed by atoms with Crippen molar-refractivity contribution in [3.05, 3.63) is 64.8 Å². The van der Waals surface area contributed by atoms with Crippen LogP contribution in [0.1, 0.15) is 17.7 Å². The van der Waals surface area contributed by atoms with Crippen molar-refractivity contribution in [3.63, 3.8) is 0 Å². The van der Waals surface area contributed by atoms with Crippen molar-refractivity contribution >= 4 is 34.2 Å². The Morgan fingerprint density at radius 1 is 1.17 bits per heavy atom. The highest BCUT2D eigenvalue weighted by molar-refractivity contribution is 6.31. The molecule has 1 aliphatic carbocycles. The van der Waals surface area contributed by atoms with Crippen LogP contribution in [0.4, 0.5) is 10.5 Å². The molecule has 4 nitrogen and oxygen atoms in total. The first-order valence-electron chi connectivity index (χ1n) is 8.10. The third-order valence-corrected chi connectivity index (χ3v) is 4.75. The van der Waals surface area contributed by atoms with E-state index < -0.39 is 0 Å². The molecule has 0 fully saturated rings. The molecule has 1 atom stereocenters. The second-order valence-corrected chi connectivity index (χ2v) is 6.61. The highest BCUT2D eigenvalue weighted by atomic mass is 35.5. The molecule has 3 aromatic rings. The lowest BCUT2D eigenvalue weighted by atomic mass is 9.91. The molecular weight excluding hydrogens is 322 g/mol. The summed E-state index contributed by atoms with van der Waals surface area (Å²) in [6, 6.07) is 15.4. The van der Waals surface area contributed by atoms with Gasteiger partial charge in [-0.25, -0.2) is 4.79 Å². The van der Waals surface area contributed by atoms with Crippen LogP contribution in [0.5, 0.6) is 0 Å². The summed E-state index contributed by atoms with van der Waals surface area (Å²) in [5, 5.41) is 7.85. The largest absolute Gasteiger partial charge is 0.358 e. The van der Waals surface area contributed by atoms with E-state index in [1.807, 2.05) is 48.5 Å². The summed E-state index contributed by atoms with van der Waals surface area (Å²) in [5.74, 6) is 0. The lowest BCUT2D eigenvalue weighted by Crippen LogP contribution is -2.41. The molecule has 0 spiro atoms. The third-order valence-electron chi connectivity index (χ3n) is 4.52. The average Bonchev–Trinajstić information content (AvgIpc) is 2.93. The van der Waals surface area contributed by atoms with Gasteiger partial charge in [0.05, 0.1) is 0 Å². The zero-order chi connectivity index (χ0) is 16.5. The van der Waals surface area contributed by atoms with E-state index in [1.54, 1.807) is 0 Å². The lowest BCUT2D eigenvalue weighted by Gasteiger charge is -2.23. The maximum atomic E-state index is 12.2. The van der Waals surface area contributed by atoms with Crippen molar-refractivity contribution in [3.8, 4) is 0 Å². The minimum atomic E-state index is -0.160. The molecule has 24 heavy (non-hydrogen) atoms. The van der Waals surface area contributed by atoms with E-state index >= 15 is 0 Å². The van der Waals surface area contributed by atoms with Crippen molar-refractivity contribution in [2.75, 3.05) is 5.32 Å². The second kappa shape index (κ2) is 6.21. The molecule has 1 aromatic heterocycles. The van der Waals surface area contributed by atoms with Gasteiger partial charge in [-0.1, -0.05) is 29.8 Å². The molecule has 4 rings (SSSR count). The van der Waals surface area contributed by atoms with E-state index in [2.05, 4.69) is 15.6 Å². The topological polar surface area (TPSA) is 56.9 Å². The molecular formula is C19H18ClN3O. The van der Waals surface area contributed by atoms with Gasteiger partial charge in [0.25, 0.3) is 0 Å². The lowest BCUT2D eigenvalue weighted by molar-refractivity contribution is 0.247.